The van der Waals surface area contributed by atoms with Crippen molar-refractivity contribution in [3.8, 4) is 5.75 Å². The second-order valence-corrected chi connectivity index (χ2v) is 6.26. The first-order valence-electron chi connectivity index (χ1n) is 8.50. The zero-order valence-electron chi connectivity index (χ0n) is 15.0. The Morgan fingerprint density at radius 1 is 1.28 bits per heavy atom. The minimum Gasteiger partial charge on any atom is -0.494 e. The standard InChI is InChI=1S/C19H24N4O2/c1-4-25-17-7-5-14-9-10-23(13-15(14)11-17)19(24)21-16-6-8-18(20-12-16)22(2)3/h5-8,11-12H,4,9-10,13H2,1-3H3,(H,21,24). The van der Waals surface area contributed by atoms with Gasteiger partial charge in [-0.15, -0.1) is 0 Å². The molecule has 0 atom stereocenters. The van der Waals surface area contributed by atoms with Crippen molar-refractivity contribution in [3.63, 3.8) is 0 Å². The molecule has 25 heavy (non-hydrogen) atoms. The van der Waals surface area contributed by atoms with Gasteiger partial charge in [-0.25, -0.2) is 9.78 Å². The van der Waals surface area contributed by atoms with Crippen LogP contribution >= 0.6 is 0 Å². The van der Waals surface area contributed by atoms with Gasteiger partial charge >= 0.3 is 6.03 Å². The minimum absolute atomic E-state index is 0.105. The van der Waals surface area contributed by atoms with Gasteiger partial charge in [-0.2, -0.15) is 0 Å². The Labute approximate surface area is 148 Å². The van der Waals surface area contributed by atoms with Crippen molar-refractivity contribution in [1.82, 2.24) is 9.88 Å². The van der Waals surface area contributed by atoms with E-state index < -0.39 is 0 Å². The molecule has 0 spiro atoms. The summed E-state index contributed by atoms with van der Waals surface area (Å²) in [5.74, 6) is 1.71. The molecule has 0 saturated carbocycles. The summed E-state index contributed by atoms with van der Waals surface area (Å²) in [7, 11) is 3.87. The van der Waals surface area contributed by atoms with Crippen LogP contribution in [-0.2, 0) is 13.0 Å². The number of hydrogen-bond acceptors (Lipinski definition) is 4. The molecule has 2 heterocycles. The van der Waals surface area contributed by atoms with Gasteiger partial charge in [0.2, 0.25) is 0 Å². The van der Waals surface area contributed by atoms with Crippen LogP contribution in [0.25, 0.3) is 0 Å². The molecule has 1 aromatic heterocycles. The molecule has 3 rings (SSSR count). The first-order valence-corrected chi connectivity index (χ1v) is 8.50. The molecule has 1 aliphatic rings. The summed E-state index contributed by atoms with van der Waals surface area (Å²) < 4.78 is 5.56. The number of benzene rings is 1. The van der Waals surface area contributed by atoms with Crippen molar-refractivity contribution in [2.24, 2.45) is 0 Å². The predicted octanol–water partition coefficient (Wildman–Crippen LogP) is 3.14. The molecule has 1 N–H and O–H groups in total. The van der Waals surface area contributed by atoms with Gasteiger partial charge in [0.1, 0.15) is 11.6 Å². The van der Waals surface area contributed by atoms with E-state index in [9.17, 15) is 4.79 Å². The number of anilines is 2. The highest BCUT2D eigenvalue weighted by Crippen LogP contribution is 2.24. The maximum atomic E-state index is 12.6. The number of urea groups is 1. The number of carbonyl (C=O) groups excluding carboxylic acids is 1. The Morgan fingerprint density at radius 3 is 2.80 bits per heavy atom. The number of nitrogens with zero attached hydrogens (tertiary/aromatic N) is 3. The van der Waals surface area contributed by atoms with Gasteiger partial charge in [0.25, 0.3) is 0 Å². The highest BCUT2D eigenvalue weighted by atomic mass is 16.5. The molecular weight excluding hydrogens is 316 g/mol. The van der Waals surface area contributed by atoms with E-state index in [-0.39, 0.29) is 6.03 Å². The fourth-order valence-corrected chi connectivity index (χ4v) is 2.89. The third-order valence-electron chi connectivity index (χ3n) is 4.25. The number of hydrogen-bond donors (Lipinski definition) is 1. The lowest BCUT2D eigenvalue weighted by Crippen LogP contribution is -2.38. The molecule has 2 amide bonds. The molecule has 6 nitrogen and oxygen atoms in total. The smallest absolute Gasteiger partial charge is 0.322 e. The van der Waals surface area contributed by atoms with E-state index in [2.05, 4.69) is 16.4 Å². The highest BCUT2D eigenvalue weighted by molar-refractivity contribution is 5.89. The lowest BCUT2D eigenvalue weighted by molar-refractivity contribution is 0.206. The van der Waals surface area contributed by atoms with E-state index in [4.69, 9.17) is 4.74 Å². The van der Waals surface area contributed by atoms with E-state index in [0.717, 1.165) is 23.6 Å². The second-order valence-electron chi connectivity index (χ2n) is 6.26. The molecule has 0 fully saturated rings. The van der Waals surface area contributed by atoms with E-state index in [1.54, 1.807) is 6.20 Å². The third kappa shape index (κ3) is 4.02. The maximum absolute atomic E-state index is 12.6. The molecule has 2 aromatic rings. The van der Waals surface area contributed by atoms with E-state index in [1.165, 1.54) is 5.56 Å². The van der Waals surface area contributed by atoms with Crippen molar-refractivity contribution in [1.29, 1.82) is 0 Å². The average molecular weight is 340 g/mol. The fraction of sp³-hybridized carbons (Fsp3) is 0.368. The van der Waals surface area contributed by atoms with Crippen LogP contribution in [0.1, 0.15) is 18.1 Å². The molecule has 0 radical (unpaired) electrons. The predicted molar refractivity (Wildman–Crippen MR) is 99.3 cm³/mol. The van der Waals surface area contributed by atoms with E-state index in [0.29, 0.717) is 25.4 Å². The molecular formula is C19H24N4O2. The highest BCUT2D eigenvalue weighted by Gasteiger charge is 2.21. The van der Waals surface area contributed by atoms with Gasteiger partial charge in [-0.1, -0.05) is 6.07 Å². The van der Waals surface area contributed by atoms with Gasteiger partial charge in [0.15, 0.2) is 0 Å². The van der Waals surface area contributed by atoms with Crippen LogP contribution in [0.2, 0.25) is 0 Å². The molecule has 132 valence electrons. The monoisotopic (exact) mass is 340 g/mol. The average Bonchev–Trinajstić information content (AvgIpc) is 2.62. The van der Waals surface area contributed by atoms with Gasteiger partial charge < -0.3 is 19.9 Å². The Balaban J connectivity index is 1.66. The number of pyridine rings is 1. The normalized spacial score (nSPS) is 13.2. The number of aromatic nitrogens is 1. The molecule has 0 unspecified atom stereocenters. The van der Waals surface area contributed by atoms with Crippen molar-refractivity contribution in [2.75, 3.05) is 37.5 Å². The molecule has 6 heteroatoms. The van der Waals surface area contributed by atoms with Crippen molar-refractivity contribution in [3.05, 3.63) is 47.7 Å². The van der Waals surface area contributed by atoms with Crippen LogP contribution in [0.5, 0.6) is 5.75 Å². The van der Waals surface area contributed by atoms with Crippen LogP contribution in [0.15, 0.2) is 36.5 Å². The molecule has 1 aromatic carbocycles. The Bertz CT molecular complexity index is 744. The van der Waals surface area contributed by atoms with Crippen LogP contribution in [0.3, 0.4) is 0 Å². The summed E-state index contributed by atoms with van der Waals surface area (Å²) in [6.07, 6.45) is 2.53. The summed E-state index contributed by atoms with van der Waals surface area (Å²) in [5.41, 5.74) is 3.13. The van der Waals surface area contributed by atoms with E-state index in [1.807, 2.05) is 55.1 Å². The van der Waals surface area contributed by atoms with Crippen molar-refractivity contribution in [2.45, 2.75) is 19.9 Å². The Kier molecular flexibility index (Phi) is 5.07. The number of rotatable bonds is 4. The quantitative estimate of drug-likeness (QED) is 0.929. The zero-order valence-corrected chi connectivity index (χ0v) is 15.0. The number of nitrogens with one attached hydrogen (secondary N) is 1. The van der Waals surface area contributed by atoms with Gasteiger partial charge in [-0.3, -0.25) is 0 Å². The van der Waals surface area contributed by atoms with E-state index >= 15 is 0 Å². The lowest BCUT2D eigenvalue weighted by atomic mass is 10.00. The first kappa shape index (κ1) is 17.1. The molecule has 0 bridgehead atoms. The van der Waals surface area contributed by atoms with Crippen molar-refractivity contribution >= 4 is 17.5 Å². The number of fused-ring (bicyclic) bond motifs is 1. The van der Waals surface area contributed by atoms with Crippen LogP contribution in [0, 0.1) is 0 Å². The van der Waals surface area contributed by atoms with Crippen LogP contribution in [0.4, 0.5) is 16.3 Å². The maximum Gasteiger partial charge on any atom is 0.322 e. The summed E-state index contributed by atoms with van der Waals surface area (Å²) in [6, 6.07) is 9.77. The Hall–Kier alpha value is -2.76. The van der Waals surface area contributed by atoms with Gasteiger partial charge in [0.05, 0.1) is 18.5 Å². The summed E-state index contributed by atoms with van der Waals surface area (Å²) in [5, 5.41) is 2.92. The second kappa shape index (κ2) is 7.42. The molecule has 1 aliphatic heterocycles. The summed E-state index contributed by atoms with van der Waals surface area (Å²) in [4.78, 5) is 20.6. The molecule has 0 saturated heterocycles. The lowest BCUT2D eigenvalue weighted by Gasteiger charge is -2.29. The summed E-state index contributed by atoms with van der Waals surface area (Å²) in [6.45, 7) is 3.90. The minimum atomic E-state index is -0.105. The summed E-state index contributed by atoms with van der Waals surface area (Å²) >= 11 is 0. The van der Waals surface area contributed by atoms with Gasteiger partial charge in [0, 0.05) is 27.2 Å². The van der Waals surface area contributed by atoms with Crippen LogP contribution < -0.4 is 15.0 Å². The number of amides is 2. The third-order valence-corrected chi connectivity index (χ3v) is 4.25. The number of carbonyl (C=O) groups is 1. The van der Waals surface area contributed by atoms with Crippen LogP contribution in [-0.4, -0.2) is 43.2 Å². The zero-order chi connectivity index (χ0) is 17.8. The van der Waals surface area contributed by atoms with Gasteiger partial charge in [-0.05, 0) is 48.7 Å². The number of ether oxygens (including phenoxy) is 1. The van der Waals surface area contributed by atoms with Crippen molar-refractivity contribution < 1.29 is 9.53 Å². The fourth-order valence-electron chi connectivity index (χ4n) is 2.89. The topological polar surface area (TPSA) is 57.7 Å². The first-order chi connectivity index (χ1) is 12.1. The largest absolute Gasteiger partial charge is 0.494 e. The molecule has 0 aliphatic carbocycles. The Morgan fingerprint density at radius 2 is 2.12 bits per heavy atom. The SMILES string of the molecule is CCOc1ccc2c(c1)CN(C(=O)Nc1ccc(N(C)C)nc1)CC2.